The van der Waals surface area contributed by atoms with Gasteiger partial charge in [-0.1, -0.05) is 0 Å². The number of piperidine rings is 1. The normalized spacial score (nSPS) is 14.4. The first-order chi connectivity index (χ1) is 16.1. The summed E-state index contributed by atoms with van der Waals surface area (Å²) in [5.74, 6) is 0.199. The number of hydrogen-bond donors (Lipinski definition) is 1. The lowest BCUT2D eigenvalue weighted by atomic mass is 9.97. The second-order valence-corrected chi connectivity index (χ2v) is 8.51. The number of nitrogens with one attached hydrogen (secondary N) is 1. The van der Waals surface area contributed by atoms with E-state index >= 15 is 0 Å². The fourth-order valence-electron chi connectivity index (χ4n) is 3.84. The molecule has 1 saturated heterocycles. The molecular weight excluding hydrogens is 444 g/mol. The van der Waals surface area contributed by atoms with E-state index in [0.717, 1.165) is 17.8 Å². The highest BCUT2D eigenvalue weighted by molar-refractivity contribution is 7.10. The molecule has 33 heavy (non-hydrogen) atoms. The summed E-state index contributed by atoms with van der Waals surface area (Å²) in [7, 11) is 1.50. The number of carbonyl (C=O) groups is 2. The van der Waals surface area contributed by atoms with Gasteiger partial charge in [0.15, 0.2) is 0 Å². The van der Waals surface area contributed by atoms with E-state index in [4.69, 9.17) is 9.37 Å². The van der Waals surface area contributed by atoms with Crippen LogP contribution in [0.1, 0.15) is 44.6 Å². The summed E-state index contributed by atoms with van der Waals surface area (Å²) >= 11 is 1.47. The van der Waals surface area contributed by atoms with Gasteiger partial charge in [0.25, 0.3) is 11.8 Å². The number of aromatic nitrogens is 4. The number of thiazole rings is 1. The molecule has 1 N–H and O–H groups in total. The molecule has 1 aliphatic rings. The van der Waals surface area contributed by atoms with Crippen molar-refractivity contribution in [1.82, 2.24) is 25.2 Å². The summed E-state index contributed by atoms with van der Waals surface area (Å²) in [5, 5.41) is 13.0. The van der Waals surface area contributed by atoms with Crippen molar-refractivity contribution in [3.63, 3.8) is 0 Å². The number of methoxy groups -OCH3 is 1. The van der Waals surface area contributed by atoms with Gasteiger partial charge in [0.2, 0.25) is 5.88 Å². The minimum atomic E-state index is -0.311. The zero-order valence-corrected chi connectivity index (χ0v) is 18.5. The largest absolute Gasteiger partial charge is 0.480 e. The average molecular weight is 465 g/mol. The minimum Gasteiger partial charge on any atom is -0.480 e. The van der Waals surface area contributed by atoms with Crippen molar-refractivity contribution in [3.05, 3.63) is 58.2 Å². The van der Waals surface area contributed by atoms with E-state index in [1.54, 1.807) is 41.9 Å². The van der Waals surface area contributed by atoms with Gasteiger partial charge in [-0.3, -0.25) is 9.59 Å². The van der Waals surface area contributed by atoms with Gasteiger partial charge in [-0.15, -0.1) is 11.3 Å². The number of likely N-dealkylation sites (tertiary alicyclic amines) is 1. The molecule has 0 aliphatic carbocycles. The van der Waals surface area contributed by atoms with Crippen LogP contribution in [0.5, 0.6) is 5.88 Å². The average Bonchev–Trinajstić information content (AvgIpc) is 3.53. The predicted molar refractivity (Wildman–Crippen MR) is 121 cm³/mol. The number of ether oxygens (including phenoxy) is 1. The van der Waals surface area contributed by atoms with Crippen LogP contribution in [0.4, 0.5) is 5.69 Å². The first-order valence-corrected chi connectivity index (χ1v) is 11.3. The van der Waals surface area contributed by atoms with Crippen LogP contribution in [0, 0.1) is 0 Å². The van der Waals surface area contributed by atoms with Gasteiger partial charge in [-0.2, -0.15) is 0 Å². The third-order valence-corrected chi connectivity index (χ3v) is 6.61. The Morgan fingerprint density at radius 1 is 1.18 bits per heavy atom. The van der Waals surface area contributed by atoms with Crippen molar-refractivity contribution in [3.8, 4) is 5.88 Å². The molecule has 1 aromatic carbocycles. The number of amides is 2. The van der Waals surface area contributed by atoms with E-state index < -0.39 is 0 Å². The van der Waals surface area contributed by atoms with Crippen molar-refractivity contribution in [2.75, 3.05) is 25.5 Å². The quantitative estimate of drug-likeness (QED) is 0.477. The number of carbonyl (C=O) groups excluding carboxylic acids is 2. The second-order valence-electron chi connectivity index (χ2n) is 7.62. The van der Waals surface area contributed by atoms with Crippen molar-refractivity contribution in [2.45, 2.75) is 18.8 Å². The first-order valence-electron chi connectivity index (χ1n) is 10.4. The van der Waals surface area contributed by atoms with Crippen LogP contribution in [-0.4, -0.2) is 57.2 Å². The third-order valence-electron chi connectivity index (χ3n) is 5.60. The van der Waals surface area contributed by atoms with Crippen molar-refractivity contribution in [2.24, 2.45) is 0 Å². The number of nitrogens with zero attached hydrogens (tertiary/aromatic N) is 5. The lowest BCUT2D eigenvalue weighted by Crippen LogP contribution is -2.37. The van der Waals surface area contributed by atoms with Gasteiger partial charge < -0.3 is 15.0 Å². The Hall–Kier alpha value is -3.86. The predicted octanol–water partition coefficient (Wildman–Crippen LogP) is 3.36. The molecular formula is C22H20N6O4S. The van der Waals surface area contributed by atoms with Crippen LogP contribution in [0.3, 0.4) is 0 Å². The highest BCUT2D eigenvalue weighted by atomic mass is 32.1. The number of hydrogen-bond acceptors (Lipinski definition) is 9. The van der Waals surface area contributed by atoms with E-state index in [1.807, 2.05) is 4.90 Å². The van der Waals surface area contributed by atoms with Crippen LogP contribution >= 0.6 is 11.3 Å². The van der Waals surface area contributed by atoms with E-state index in [2.05, 4.69) is 25.6 Å². The van der Waals surface area contributed by atoms with Gasteiger partial charge in [-0.25, -0.2) is 14.6 Å². The summed E-state index contributed by atoms with van der Waals surface area (Å²) in [6.07, 6.45) is 3.16. The number of rotatable bonds is 5. The summed E-state index contributed by atoms with van der Waals surface area (Å²) in [6, 6.07) is 8.61. The molecule has 1 aliphatic heterocycles. The van der Waals surface area contributed by atoms with E-state index in [1.165, 1.54) is 18.4 Å². The molecule has 10 nitrogen and oxygen atoms in total. The molecule has 0 bridgehead atoms. The van der Waals surface area contributed by atoms with Gasteiger partial charge in [0.05, 0.1) is 12.1 Å². The Morgan fingerprint density at radius 3 is 2.82 bits per heavy atom. The zero-order valence-electron chi connectivity index (χ0n) is 17.7. The SMILES string of the molecule is COc1ncccc1NC(=O)c1csc(C2CCN(C(=O)c3ccc4nonc4c3)CC2)n1. The lowest BCUT2D eigenvalue weighted by molar-refractivity contribution is 0.0713. The highest BCUT2D eigenvalue weighted by Crippen LogP contribution is 2.31. The minimum absolute atomic E-state index is 0.0389. The van der Waals surface area contributed by atoms with Crippen LogP contribution in [0.2, 0.25) is 0 Å². The van der Waals surface area contributed by atoms with Crippen molar-refractivity contribution in [1.29, 1.82) is 0 Å². The Bertz CT molecular complexity index is 1310. The third kappa shape index (κ3) is 4.27. The first kappa shape index (κ1) is 21.0. The fourth-order valence-corrected chi connectivity index (χ4v) is 4.81. The van der Waals surface area contributed by atoms with E-state index in [-0.39, 0.29) is 17.7 Å². The van der Waals surface area contributed by atoms with Crippen LogP contribution in [0.25, 0.3) is 11.0 Å². The Morgan fingerprint density at radius 2 is 2.00 bits per heavy atom. The fraction of sp³-hybridized carbons (Fsp3) is 0.273. The zero-order chi connectivity index (χ0) is 22.8. The van der Waals surface area contributed by atoms with Crippen molar-refractivity contribution < 1.29 is 19.0 Å². The molecule has 11 heteroatoms. The molecule has 0 atom stereocenters. The molecule has 0 unspecified atom stereocenters. The van der Waals surface area contributed by atoms with E-state index in [0.29, 0.717) is 46.9 Å². The molecule has 168 valence electrons. The molecule has 0 radical (unpaired) electrons. The number of pyridine rings is 1. The summed E-state index contributed by atoms with van der Waals surface area (Å²) in [6.45, 7) is 1.24. The van der Waals surface area contributed by atoms with Gasteiger partial charge >= 0.3 is 0 Å². The summed E-state index contributed by atoms with van der Waals surface area (Å²) < 4.78 is 9.88. The van der Waals surface area contributed by atoms with Gasteiger partial charge in [0.1, 0.15) is 22.4 Å². The Kier molecular flexibility index (Phi) is 5.69. The molecule has 5 rings (SSSR count). The molecule has 4 aromatic rings. The van der Waals surface area contributed by atoms with Gasteiger partial charge in [0, 0.05) is 36.1 Å². The highest BCUT2D eigenvalue weighted by Gasteiger charge is 2.27. The van der Waals surface area contributed by atoms with Crippen LogP contribution in [-0.2, 0) is 0 Å². The summed E-state index contributed by atoms with van der Waals surface area (Å²) in [5.41, 5.74) is 2.60. The Balaban J connectivity index is 1.21. The number of fused-ring (bicyclic) bond motifs is 1. The molecule has 2 amide bonds. The van der Waals surface area contributed by atoms with E-state index in [9.17, 15) is 9.59 Å². The number of benzene rings is 1. The molecule has 0 spiro atoms. The molecule has 4 heterocycles. The topological polar surface area (TPSA) is 123 Å². The van der Waals surface area contributed by atoms with Crippen LogP contribution < -0.4 is 10.1 Å². The Labute approximate surface area is 192 Å². The monoisotopic (exact) mass is 464 g/mol. The summed E-state index contributed by atoms with van der Waals surface area (Å²) in [4.78, 5) is 36.0. The second kappa shape index (κ2) is 8.94. The van der Waals surface area contributed by atoms with Crippen molar-refractivity contribution >= 4 is 39.9 Å². The number of anilines is 1. The maximum absolute atomic E-state index is 12.9. The van der Waals surface area contributed by atoms with Gasteiger partial charge in [-0.05, 0) is 53.5 Å². The smallest absolute Gasteiger partial charge is 0.275 e. The molecule has 0 saturated carbocycles. The maximum Gasteiger partial charge on any atom is 0.275 e. The van der Waals surface area contributed by atoms with Crippen LogP contribution in [0.15, 0.2) is 46.5 Å². The standard InChI is InChI=1S/C22H20N6O4S/c1-31-20-16(3-2-8-23-20)24-19(29)18-12-33-21(25-18)13-6-9-28(10-7-13)22(30)14-4-5-15-17(11-14)27-32-26-15/h2-5,8,11-13H,6-7,9-10H2,1H3,(H,24,29). The maximum atomic E-state index is 12.9. The molecule has 3 aromatic heterocycles. The lowest BCUT2D eigenvalue weighted by Gasteiger charge is -2.31. The molecule has 1 fully saturated rings.